The summed E-state index contributed by atoms with van der Waals surface area (Å²) >= 11 is 0. The van der Waals surface area contributed by atoms with E-state index in [4.69, 9.17) is 4.84 Å². The van der Waals surface area contributed by atoms with Crippen LogP contribution in [-0.2, 0) is 19.2 Å². The summed E-state index contributed by atoms with van der Waals surface area (Å²) in [6.07, 6.45) is 5.23. The molecule has 1 saturated heterocycles. The minimum Gasteiger partial charge on any atom is -0.330 e. The Labute approximate surface area is 148 Å². The van der Waals surface area contributed by atoms with Gasteiger partial charge in [0.15, 0.2) is 0 Å². The lowest BCUT2D eigenvalue weighted by Crippen LogP contribution is -2.32. The summed E-state index contributed by atoms with van der Waals surface area (Å²) in [4.78, 5) is 44.0. The first-order valence-electron chi connectivity index (χ1n) is 7.94. The van der Waals surface area contributed by atoms with Crippen molar-refractivity contribution < 1.29 is 19.2 Å². The second kappa shape index (κ2) is 8.02. The molecule has 1 aliphatic carbocycles. The molecule has 2 amide bonds. The van der Waals surface area contributed by atoms with E-state index < -0.39 is 17.8 Å². The third-order valence-corrected chi connectivity index (χ3v) is 6.79. The summed E-state index contributed by atoms with van der Waals surface area (Å²) in [5, 5.41) is 1.91. The maximum absolute atomic E-state index is 11.9. The second-order valence-electron chi connectivity index (χ2n) is 5.81. The molecule has 3 rings (SSSR count). The number of nitrogens with zero attached hydrogens (tertiary/aromatic N) is 2. The number of aromatic nitrogens is 1. The van der Waals surface area contributed by atoms with Crippen LogP contribution in [-0.4, -0.2) is 33.1 Å². The highest BCUT2D eigenvalue weighted by Crippen LogP contribution is 2.47. The normalized spacial score (nSPS) is 18.8. The molecule has 1 aromatic heterocycles. The van der Waals surface area contributed by atoms with Crippen molar-refractivity contribution in [3.05, 3.63) is 24.4 Å². The maximum Gasteiger partial charge on any atom is 0.333 e. The molecule has 2 fully saturated rings. The van der Waals surface area contributed by atoms with Crippen molar-refractivity contribution in [3.63, 3.8) is 0 Å². The Kier molecular flexibility index (Phi) is 5.78. The van der Waals surface area contributed by atoms with Crippen molar-refractivity contribution >= 4 is 39.4 Å². The predicted octanol–water partition coefficient (Wildman–Crippen LogP) is 2.99. The summed E-state index contributed by atoms with van der Waals surface area (Å²) < 4.78 is 0. The van der Waals surface area contributed by atoms with E-state index >= 15 is 0 Å². The summed E-state index contributed by atoms with van der Waals surface area (Å²) in [5.41, 5.74) is 0. The molecule has 0 bridgehead atoms. The minimum atomic E-state index is -0.521. The van der Waals surface area contributed by atoms with Gasteiger partial charge in [-0.25, -0.2) is 9.78 Å². The molecule has 0 N–H and O–H groups in total. The van der Waals surface area contributed by atoms with Crippen LogP contribution in [0.4, 0.5) is 0 Å². The molecule has 0 aromatic carbocycles. The van der Waals surface area contributed by atoms with Crippen molar-refractivity contribution in [2.24, 2.45) is 5.92 Å². The molecular weight excluding hydrogens is 348 g/mol. The lowest BCUT2D eigenvalue weighted by molar-refractivity contribution is -0.197. The monoisotopic (exact) mass is 366 g/mol. The first kappa shape index (κ1) is 17.3. The van der Waals surface area contributed by atoms with Crippen LogP contribution in [0.3, 0.4) is 0 Å². The lowest BCUT2D eigenvalue weighted by atomic mass is 10.2. The van der Waals surface area contributed by atoms with Crippen molar-refractivity contribution in [2.45, 2.75) is 48.8 Å². The van der Waals surface area contributed by atoms with Crippen LogP contribution in [0, 0.1) is 5.92 Å². The van der Waals surface area contributed by atoms with Gasteiger partial charge >= 0.3 is 5.97 Å². The first-order valence-corrected chi connectivity index (χ1v) is 10.2. The van der Waals surface area contributed by atoms with Gasteiger partial charge in [0.05, 0.1) is 0 Å². The van der Waals surface area contributed by atoms with Gasteiger partial charge in [-0.05, 0) is 48.1 Å². The average molecular weight is 366 g/mol. The number of hydrogen-bond donors (Lipinski definition) is 0. The lowest BCUT2D eigenvalue weighted by Gasteiger charge is -2.16. The fourth-order valence-electron chi connectivity index (χ4n) is 2.40. The van der Waals surface area contributed by atoms with Gasteiger partial charge in [0.2, 0.25) is 0 Å². The zero-order valence-electron chi connectivity index (χ0n) is 13.1. The Hall–Kier alpha value is -1.54. The molecule has 8 heteroatoms. The van der Waals surface area contributed by atoms with Crippen molar-refractivity contribution in [1.29, 1.82) is 0 Å². The van der Waals surface area contributed by atoms with Gasteiger partial charge in [-0.1, -0.05) is 16.9 Å². The third kappa shape index (κ3) is 4.73. The summed E-state index contributed by atoms with van der Waals surface area (Å²) in [7, 11) is 3.35. The van der Waals surface area contributed by atoms with Gasteiger partial charge in [-0.15, -0.1) is 5.06 Å². The highest BCUT2D eigenvalue weighted by atomic mass is 33.1. The standard InChI is InChI=1S/C16H18N2O4S2/c19-14-7-8-15(20)18(14)22-16(21)9-6-12(11-4-5-11)23-24-13-3-1-2-10-17-13/h1-3,10-12H,4-9H2. The fourth-order valence-corrected chi connectivity index (χ4v) is 5.23. The topological polar surface area (TPSA) is 76.6 Å². The van der Waals surface area contributed by atoms with Crippen LogP contribution in [0.25, 0.3) is 0 Å². The number of pyridine rings is 1. The number of amides is 2. The molecule has 0 radical (unpaired) electrons. The van der Waals surface area contributed by atoms with Crippen molar-refractivity contribution in [2.75, 3.05) is 0 Å². The molecule has 1 unspecified atom stereocenters. The molecule has 2 heterocycles. The van der Waals surface area contributed by atoms with E-state index in [1.807, 2.05) is 18.2 Å². The maximum atomic E-state index is 11.9. The fraction of sp³-hybridized carbons (Fsp3) is 0.500. The first-order chi connectivity index (χ1) is 11.6. The van der Waals surface area contributed by atoms with E-state index in [0.29, 0.717) is 22.7 Å². The number of hydroxylamine groups is 2. The highest BCUT2D eigenvalue weighted by Gasteiger charge is 2.35. The molecule has 24 heavy (non-hydrogen) atoms. The molecule has 1 saturated carbocycles. The van der Waals surface area contributed by atoms with Gasteiger partial charge in [0, 0.05) is 30.7 Å². The molecular formula is C16H18N2O4S2. The smallest absolute Gasteiger partial charge is 0.330 e. The van der Waals surface area contributed by atoms with E-state index in [1.54, 1.807) is 27.8 Å². The number of carbonyl (C=O) groups is 3. The molecule has 1 aliphatic heterocycles. The van der Waals surface area contributed by atoms with E-state index in [0.717, 1.165) is 5.03 Å². The number of rotatable bonds is 8. The van der Waals surface area contributed by atoms with Crippen LogP contribution in [0.1, 0.15) is 38.5 Å². The molecule has 128 valence electrons. The van der Waals surface area contributed by atoms with Gasteiger partial charge in [-0.3, -0.25) is 9.59 Å². The van der Waals surface area contributed by atoms with Gasteiger partial charge in [0.25, 0.3) is 11.8 Å². The SMILES string of the molecule is O=C(CCC(SSc1ccccn1)C1CC1)ON1C(=O)CCC1=O. The summed E-state index contributed by atoms with van der Waals surface area (Å²) in [5.74, 6) is -0.777. The summed E-state index contributed by atoms with van der Waals surface area (Å²) in [6, 6.07) is 5.79. The summed E-state index contributed by atoms with van der Waals surface area (Å²) in [6.45, 7) is 0. The van der Waals surface area contributed by atoms with Crippen molar-refractivity contribution in [1.82, 2.24) is 10.0 Å². The number of carbonyl (C=O) groups excluding carboxylic acids is 3. The van der Waals surface area contributed by atoms with E-state index in [2.05, 4.69) is 4.98 Å². The molecule has 1 atom stereocenters. The van der Waals surface area contributed by atoms with E-state index in [9.17, 15) is 14.4 Å². The van der Waals surface area contributed by atoms with E-state index in [-0.39, 0.29) is 19.3 Å². The zero-order valence-corrected chi connectivity index (χ0v) is 14.7. The van der Waals surface area contributed by atoms with Crippen LogP contribution in [0.15, 0.2) is 29.4 Å². The molecule has 0 spiro atoms. The van der Waals surface area contributed by atoms with Crippen LogP contribution >= 0.6 is 21.6 Å². The Morgan fingerprint density at radius 2 is 2.04 bits per heavy atom. The van der Waals surface area contributed by atoms with E-state index in [1.165, 1.54) is 12.8 Å². The average Bonchev–Trinajstić information content (AvgIpc) is 3.38. The third-order valence-electron chi connectivity index (χ3n) is 3.87. The van der Waals surface area contributed by atoms with Crippen LogP contribution < -0.4 is 0 Å². The minimum absolute atomic E-state index is 0.118. The van der Waals surface area contributed by atoms with Gasteiger partial charge < -0.3 is 4.84 Å². The molecule has 6 nitrogen and oxygen atoms in total. The number of imide groups is 1. The largest absolute Gasteiger partial charge is 0.333 e. The van der Waals surface area contributed by atoms with Crippen LogP contribution in [0.5, 0.6) is 0 Å². The van der Waals surface area contributed by atoms with Gasteiger partial charge in [-0.2, -0.15) is 0 Å². The quantitative estimate of drug-likeness (QED) is 0.517. The second-order valence-corrected chi connectivity index (χ2v) is 8.27. The van der Waals surface area contributed by atoms with Crippen molar-refractivity contribution in [3.8, 4) is 0 Å². The zero-order chi connectivity index (χ0) is 16.9. The Balaban J connectivity index is 1.45. The molecule has 2 aliphatic rings. The Morgan fingerprint density at radius 1 is 1.29 bits per heavy atom. The van der Waals surface area contributed by atoms with Gasteiger partial charge in [0.1, 0.15) is 5.03 Å². The number of hydrogen-bond acceptors (Lipinski definition) is 7. The Morgan fingerprint density at radius 3 is 2.67 bits per heavy atom. The molecule has 1 aromatic rings. The van der Waals surface area contributed by atoms with Crippen LogP contribution in [0.2, 0.25) is 0 Å². The predicted molar refractivity (Wildman–Crippen MR) is 90.6 cm³/mol. The Bertz CT molecular complexity index is 606. The highest BCUT2D eigenvalue weighted by molar-refractivity contribution is 8.76.